The Morgan fingerprint density at radius 2 is 1.14 bits per heavy atom. The summed E-state index contributed by atoms with van der Waals surface area (Å²) in [4.78, 5) is 18.1. The lowest BCUT2D eigenvalue weighted by atomic mass is 9.94. The molecule has 42 heavy (non-hydrogen) atoms. The first-order valence-electron chi connectivity index (χ1n) is 14.6. The third-order valence-corrected chi connectivity index (χ3v) is 12.0. The normalized spacial score (nSPS) is 24.7. The zero-order valence-electron chi connectivity index (χ0n) is 24.8. The van der Waals surface area contributed by atoms with Gasteiger partial charge in [0.05, 0.1) is 22.1 Å². The van der Waals surface area contributed by atoms with E-state index in [2.05, 4.69) is 10.7 Å². The van der Waals surface area contributed by atoms with Crippen molar-refractivity contribution in [1.29, 1.82) is 0 Å². The molecule has 0 aromatic heterocycles. The minimum absolute atomic E-state index is 0.0168. The molecular weight excluding hydrogens is 576 g/mol. The molecule has 1 N–H and O–H groups in total. The van der Waals surface area contributed by atoms with Crippen LogP contribution in [0.1, 0.15) is 47.5 Å². The van der Waals surface area contributed by atoms with E-state index in [9.17, 15) is 21.7 Å². The van der Waals surface area contributed by atoms with Crippen molar-refractivity contribution < 1.29 is 21.7 Å². The smallest absolute Gasteiger partial charge is 0.243 e. The van der Waals surface area contributed by atoms with Crippen LogP contribution in [-0.4, -0.2) is 58.2 Å². The van der Waals surface area contributed by atoms with E-state index in [4.69, 9.17) is 4.84 Å². The fraction of sp³-hybridized carbons (Fsp3) is 0.533. The lowest BCUT2D eigenvalue weighted by Gasteiger charge is -2.34. The monoisotopic (exact) mass is 616 g/mol. The Morgan fingerprint density at radius 3 is 1.50 bits per heavy atom. The molecule has 3 aromatic carbocycles. The number of nitroso groups, excluding NO2 is 1. The molecule has 10 nitrogen and oxygen atoms in total. The first kappa shape index (κ1) is 30.8. The summed E-state index contributed by atoms with van der Waals surface area (Å²) in [5.41, 5.74) is 3.42. The molecule has 0 aliphatic carbocycles. The van der Waals surface area contributed by atoms with Gasteiger partial charge in [-0.2, -0.15) is 8.61 Å². The Bertz CT molecular complexity index is 1590. The van der Waals surface area contributed by atoms with Crippen LogP contribution >= 0.6 is 0 Å². The Labute approximate surface area is 248 Å². The fourth-order valence-electron chi connectivity index (χ4n) is 6.74. The van der Waals surface area contributed by atoms with Crippen molar-refractivity contribution in [3.63, 3.8) is 0 Å². The SMILES string of the molecule is CCONc1c2ccc(S(=O)(=O)N3C[C@H](C)C[C@H](C)C3)cc2c(N=O)c2cc(S(=O)(=O)N3C[C@H](C)C[C@H](C)C3)ccc12. The third kappa shape index (κ3) is 5.67. The Kier molecular flexibility index (Phi) is 8.66. The summed E-state index contributed by atoms with van der Waals surface area (Å²) in [7, 11) is -7.70. The highest BCUT2D eigenvalue weighted by Gasteiger charge is 2.34. The number of piperidine rings is 2. The van der Waals surface area contributed by atoms with Gasteiger partial charge in [0.25, 0.3) is 0 Å². The van der Waals surface area contributed by atoms with Crippen molar-refractivity contribution in [3.8, 4) is 0 Å². The van der Waals surface area contributed by atoms with Gasteiger partial charge < -0.3 is 0 Å². The molecule has 2 aliphatic rings. The standard InChI is InChI=1S/C30H40N4O6S2/c1-6-40-32-30-25-9-7-23(41(36,37)33-15-19(2)11-20(3)16-33)13-27(25)29(31-35)28-14-24(8-10-26(28)30)42(38,39)34-17-21(4)12-22(5)18-34/h7-10,13-14,19-22,32H,6,11-12,15-18H2,1-5H3/t19-,20+,21-,22+. The van der Waals surface area contributed by atoms with Crippen molar-refractivity contribution in [3.05, 3.63) is 41.3 Å². The van der Waals surface area contributed by atoms with Crippen LogP contribution in [0.15, 0.2) is 51.4 Å². The van der Waals surface area contributed by atoms with E-state index >= 15 is 0 Å². The number of hydrogen-bond acceptors (Lipinski definition) is 8. The molecule has 0 amide bonds. The molecule has 0 unspecified atom stereocenters. The Morgan fingerprint density at radius 1 is 0.738 bits per heavy atom. The molecule has 12 heteroatoms. The summed E-state index contributed by atoms with van der Waals surface area (Å²) in [6, 6.07) is 9.31. The number of benzene rings is 3. The van der Waals surface area contributed by atoms with Gasteiger partial charge in [0.1, 0.15) is 5.69 Å². The molecular formula is C30H40N4O6S2. The van der Waals surface area contributed by atoms with Crippen molar-refractivity contribution in [1.82, 2.24) is 8.61 Å². The van der Waals surface area contributed by atoms with Crippen LogP contribution in [0.4, 0.5) is 11.4 Å². The highest BCUT2D eigenvalue weighted by Crippen LogP contribution is 2.44. The zero-order valence-corrected chi connectivity index (χ0v) is 26.5. The second kappa shape index (κ2) is 11.8. The van der Waals surface area contributed by atoms with Crippen LogP contribution in [0.5, 0.6) is 0 Å². The Hall–Kier alpha value is -2.64. The summed E-state index contributed by atoms with van der Waals surface area (Å²) >= 11 is 0. The van der Waals surface area contributed by atoms with Crippen molar-refractivity contribution >= 4 is 53.0 Å². The van der Waals surface area contributed by atoms with E-state index in [-0.39, 0.29) is 39.1 Å². The van der Waals surface area contributed by atoms with Crippen LogP contribution in [0, 0.1) is 28.6 Å². The molecule has 0 spiro atoms. The molecule has 0 bridgehead atoms. The maximum atomic E-state index is 13.7. The van der Waals surface area contributed by atoms with E-state index in [1.165, 1.54) is 32.9 Å². The number of hydrogen-bond donors (Lipinski definition) is 1. The van der Waals surface area contributed by atoms with Crippen LogP contribution in [0.3, 0.4) is 0 Å². The number of nitrogens with one attached hydrogen (secondary N) is 1. The van der Waals surface area contributed by atoms with Crippen LogP contribution in [0.25, 0.3) is 21.5 Å². The van der Waals surface area contributed by atoms with Gasteiger partial charge in [-0.1, -0.05) is 39.8 Å². The molecule has 2 heterocycles. The first-order valence-corrected chi connectivity index (χ1v) is 17.5. The molecule has 4 atom stereocenters. The highest BCUT2D eigenvalue weighted by molar-refractivity contribution is 7.89. The largest absolute Gasteiger partial charge is 0.276 e. The second-order valence-electron chi connectivity index (χ2n) is 12.3. The van der Waals surface area contributed by atoms with Crippen LogP contribution in [0.2, 0.25) is 0 Å². The maximum absolute atomic E-state index is 13.7. The molecule has 228 valence electrons. The zero-order chi connectivity index (χ0) is 30.4. The van der Waals surface area contributed by atoms with Crippen LogP contribution < -0.4 is 5.48 Å². The molecule has 2 aliphatic heterocycles. The van der Waals surface area contributed by atoms with Crippen molar-refractivity contribution in [2.45, 2.75) is 57.3 Å². The number of sulfonamides is 2. The maximum Gasteiger partial charge on any atom is 0.243 e. The van der Waals surface area contributed by atoms with E-state index in [0.717, 1.165) is 12.8 Å². The van der Waals surface area contributed by atoms with Gasteiger partial charge in [-0.3, -0.25) is 10.3 Å². The number of anilines is 1. The third-order valence-electron chi connectivity index (χ3n) is 8.39. The predicted molar refractivity (Wildman–Crippen MR) is 166 cm³/mol. The molecule has 0 saturated carbocycles. The second-order valence-corrected chi connectivity index (χ2v) is 16.2. The minimum atomic E-state index is -3.85. The number of fused-ring (bicyclic) bond motifs is 2. The number of rotatable bonds is 8. The van der Waals surface area contributed by atoms with E-state index in [0.29, 0.717) is 60.0 Å². The molecule has 2 fully saturated rings. The van der Waals surface area contributed by atoms with Gasteiger partial charge >= 0.3 is 0 Å². The summed E-state index contributed by atoms with van der Waals surface area (Å²) in [5.74, 6) is 0.920. The van der Waals surface area contributed by atoms with Crippen molar-refractivity contribution in [2.75, 3.05) is 38.3 Å². The summed E-state index contributed by atoms with van der Waals surface area (Å²) in [6.07, 6.45) is 1.92. The van der Waals surface area contributed by atoms with Gasteiger partial charge in [-0.05, 0) is 72.9 Å². The average Bonchev–Trinajstić information content (AvgIpc) is 2.93. The van der Waals surface area contributed by atoms with Gasteiger partial charge in [-0.15, -0.1) is 4.91 Å². The van der Waals surface area contributed by atoms with Gasteiger partial charge in [0.15, 0.2) is 0 Å². The number of nitrogens with zero attached hydrogens (tertiary/aromatic N) is 3. The van der Waals surface area contributed by atoms with Gasteiger partial charge in [-0.25, -0.2) is 16.8 Å². The Balaban J connectivity index is 1.70. The molecule has 0 radical (unpaired) electrons. The van der Waals surface area contributed by atoms with E-state index in [1.807, 2.05) is 34.6 Å². The van der Waals surface area contributed by atoms with Gasteiger partial charge in [0.2, 0.25) is 20.0 Å². The lowest BCUT2D eigenvalue weighted by molar-refractivity contribution is 0.211. The first-order chi connectivity index (χ1) is 19.9. The molecule has 3 aromatic rings. The summed E-state index contributed by atoms with van der Waals surface area (Å²) in [6.45, 7) is 12.0. The average molecular weight is 617 g/mol. The highest BCUT2D eigenvalue weighted by atomic mass is 32.2. The lowest BCUT2D eigenvalue weighted by Crippen LogP contribution is -2.42. The van der Waals surface area contributed by atoms with E-state index < -0.39 is 20.0 Å². The summed E-state index contributed by atoms with van der Waals surface area (Å²) < 4.78 is 58.0. The molecule has 2 saturated heterocycles. The van der Waals surface area contributed by atoms with Gasteiger partial charge in [0, 0.05) is 47.7 Å². The topological polar surface area (TPSA) is 125 Å². The fourth-order valence-corrected chi connectivity index (χ4v) is 10.2. The van der Waals surface area contributed by atoms with E-state index in [1.54, 1.807) is 12.1 Å². The minimum Gasteiger partial charge on any atom is -0.276 e. The van der Waals surface area contributed by atoms with Crippen molar-refractivity contribution in [2.24, 2.45) is 28.8 Å². The summed E-state index contributed by atoms with van der Waals surface area (Å²) in [5, 5.41) is 5.01. The molecule has 5 rings (SSSR count). The quantitative estimate of drug-likeness (QED) is 0.184. The van der Waals surface area contributed by atoms with Crippen LogP contribution in [-0.2, 0) is 24.9 Å². The predicted octanol–water partition coefficient (Wildman–Crippen LogP) is 6.09.